The lowest BCUT2D eigenvalue weighted by molar-refractivity contribution is -0.148. The van der Waals surface area contributed by atoms with Gasteiger partial charge in [-0.05, 0) is 13.3 Å². The molecule has 1 rings (SSSR count). The summed E-state index contributed by atoms with van der Waals surface area (Å²) in [6.07, 6.45) is 0.578. The van der Waals surface area contributed by atoms with E-state index < -0.39 is 12.1 Å². The largest absolute Gasteiger partial charge is 0.343 e. The van der Waals surface area contributed by atoms with Crippen LogP contribution in [0.2, 0.25) is 0 Å². The number of halogens is 1. The lowest BCUT2D eigenvalue weighted by atomic mass is 10.1. The Morgan fingerprint density at radius 1 is 1.60 bits per heavy atom. The minimum absolute atomic E-state index is 0.108. The summed E-state index contributed by atoms with van der Waals surface area (Å²) in [5.74, 6) is -0.231. The Morgan fingerprint density at radius 3 is 2.67 bits per heavy atom. The second kappa shape index (κ2) is 4.66. The van der Waals surface area contributed by atoms with Crippen LogP contribution in [0.3, 0.4) is 0 Å². The Balaban J connectivity index is 2.88. The maximum atomic E-state index is 11.8. The van der Waals surface area contributed by atoms with Crippen molar-refractivity contribution in [1.29, 1.82) is 0 Å². The van der Waals surface area contributed by atoms with Gasteiger partial charge in [0.2, 0.25) is 11.8 Å². The fourth-order valence-electron chi connectivity index (χ4n) is 1.69. The topological polar surface area (TPSA) is 49.4 Å². The maximum absolute atomic E-state index is 11.8. The molecule has 0 aromatic heterocycles. The fraction of sp³-hybridized carbons (Fsp3) is 0.600. The molecule has 1 heterocycles. The molecule has 0 saturated carbocycles. The van der Waals surface area contributed by atoms with E-state index in [0.717, 1.165) is 0 Å². The standard InChI is InChI=1S/C10H15ClN2O2/c1-4-8-9(14)12-7(3)10(15)13(8)5-6(2)11/h7-8H,2,4-5H2,1,3H3,(H,12,14). The van der Waals surface area contributed by atoms with E-state index in [1.807, 2.05) is 6.92 Å². The number of piperazine rings is 1. The van der Waals surface area contributed by atoms with Crippen molar-refractivity contribution in [2.45, 2.75) is 32.4 Å². The number of rotatable bonds is 3. The van der Waals surface area contributed by atoms with Crippen LogP contribution in [0.4, 0.5) is 0 Å². The van der Waals surface area contributed by atoms with Gasteiger partial charge in [0.15, 0.2) is 0 Å². The van der Waals surface area contributed by atoms with Gasteiger partial charge in [0.1, 0.15) is 12.1 Å². The van der Waals surface area contributed by atoms with Crippen LogP contribution in [0.25, 0.3) is 0 Å². The van der Waals surface area contributed by atoms with E-state index in [9.17, 15) is 9.59 Å². The van der Waals surface area contributed by atoms with E-state index in [0.29, 0.717) is 11.5 Å². The molecule has 1 aliphatic heterocycles. The number of nitrogens with zero attached hydrogens (tertiary/aromatic N) is 1. The first-order valence-electron chi connectivity index (χ1n) is 4.91. The summed E-state index contributed by atoms with van der Waals surface area (Å²) >= 11 is 5.67. The van der Waals surface area contributed by atoms with Gasteiger partial charge in [0.25, 0.3) is 0 Å². The second-order valence-corrected chi connectivity index (χ2v) is 4.17. The first-order valence-corrected chi connectivity index (χ1v) is 5.29. The Kier molecular flexibility index (Phi) is 3.74. The van der Waals surface area contributed by atoms with Crippen molar-refractivity contribution < 1.29 is 9.59 Å². The predicted octanol–water partition coefficient (Wildman–Crippen LogP) is 0.864. The highest BCUT2D eigenvalue weighted by Gasteiger charge is 2.37. The summed E-state index contributed by atoms with van der Waals surface area (Å²) in [5.41, 5.74) is 0. The van der Waals surface area contributed by atoms with Gasteiger partial charge >= 0.3 is 0 Å². The molecular weight excluding hydrogens is 216 g/mol. The summed E-state index contributed by atoms with van der Waals surface area (Å²) in [6.45, 7) is 7.30. The van der Waals surface area contributed by atoms with Crippen LogP contribution >= 0.6 is 11.6 Å². The van der Waals surface area contributed by atoms with Crippen molar-refractivity contribution in [2.24, 2.45) is 0 Å². The summed E-state index contributed by atoms with van der Waals surface area (Å²) < 4.78 is 0. The van der Waals surface area contributed by atoms with Crippen molar-refractivity contribution in [3.8, 4) is 0 Å². The predicted molar refractivity (Wildman–Crippen MR) is 58.4 cm³/mol. The summed E-state index contributed by atoms with van der Waals surface area (Å²) in [4.78, 5) is 24.9. The van der Waals surface area contributed by atoms with Crippen molar-refractivity contribution in [3.05, 3.63) is 11.6 Å². The number of hydrogen-bond acceptors (Lipinski definition) is 2. The molecule has 0 bridgehead atoms. The molecule has 0 aromatic rings. The third-order valence-corrected chi connectivity index (χ3v) is 2.54. The Bertz CT molecular complexity index is 304. The van der Waals surface area contributed by atoms with Gasteiger partial charge in [-0.2, -0.15) is 0 Å². The van der Waals surface area contributed by atoms with E-state index in [4.69, 9.17) is 11.6 Å². The van der Waals surface area contributed by atoms with Gasteiger partial charge in [-0.3, -0.25) is 9.59 Å². The monoisotopic (exact) mass is 230 g/mol. The van der Waals surface area contributed by atoms with Gasteiger partial charge in [0, 0.05) is 5.03 Å². The number of hydrogen-bond donors (Lipinski definition) is 1. The van der Waals surface area contributed by atoms with Crippen LogP contribution in [0, 0.1) is 0 Å². The van der Waals surface area contributed by atoms with Crippen LogP contribution in [0.1, 0.15) is 20.3 Å². The zero-order valence-electron chi connectivity index (χ0n) is 8.92. The lowest BCUT2D eigenvalue weighted by Crippen LogP contribution is -2.62. The van der Waals surface area contributed by atoms with Crippen molar-refractivity contribution in [1.82, 2.24) is 10.2 Å². The highest BCUT2D eigenvalue weighted by Crippen LogP contribution is 2.15. The molecule has 15 heavy (non-hydrogen) atoms. The van der Waals surface area contributed by atoms with Gasteiger partial charge in [-0.1, -0.05) is 25.1 Å². The summed E-state index contributed by atoms with van der Waals surface area (Å²) in [5, 5.41) is 2.99. The number of carbonyl (C=O) groups excluding carboxylic acids is 2. The van der Waals surface area contributed by atoms with Crippen LogP contribution in [-0.2, 0) is 9.59 Å². The third-order valence-electron chi connectivity index (χ3n) is 2.42. The van der Waals surface area contributed by atoms with Gasteiger partial charge in [-0.25, -0.2) is 0 Å². The van der Waals surface area contributed by atoms with Crippen LogP contribution < -0.4 is 5.32 Å². The molecule has 0 spiro atoms. The molecule has 4 nitrogen and oxygen atoms in total. The molecule has 2 unspecified atom stereocenters. The van der Waals surface area contributed by atoms with E-state index in [2.05, 4.69) is 11.9 Å². The zero-order valence-corrected chi connectivity index (χ0v) is 9.67. The van der Waals surface area contributed by atoms with E-state index >= 15 is 0 Å². The van der Waals surface area contributed by atoms with Gasteiger partial charge in [-0.15, -0.1) is 0 Å². The molecule has 1 fully saturated rings. The Morgan fingerprint density at radius 2 is 2.20 bits per heavy atom. The highest BCUT2D eigenvalue weighted by molar-refractivity contribution is 6.29. The quantitative estimate of drug-likeness (QED) is 0.782. The molecule has 5 heteroatoms. The molecule has 1 saturated heterocycles. The number of amides is 2. The lowest BCUT2D eigenvalue weighted by Gasteiger charge is -2.37. The van der Waals surface area contributed by atoms with Crippen LogP contribution in [0.5, 0.6) is 0 Å². The average Bonchev–Trinajstić information content (AvgIpc) is 2.13. The number of nitrogens with one attached hydrogen (secondary N) is 1. The second-order valence-electron chi connectivity index (χ2n) is 3.64. The average molecular weight is 231 g/mol. The van der Waals surface area contributed by atoms with Gasteiger partial charge < -0.3 is 10.2 Å². The molecule has 0 aliphatic carbocycles. The first-order chi connectivity index (χ1) is 6.97. The van der Waals surface area contributed by atoms with Crippen LogP contribution in [0.15, 0.2) is 11.6 Å². The molecule has 84 valence electrons. The molecule has 0 radical (unpaired) electrons. The van der Waals surface area contributed by atoms with Crippen molar-refractivity contribution >= 4 is 23.4 Å². The smallest absolute Gasteiger partial charge is 0.245 e. The molecular formula is C10H15ClN2O2. The molecule has 0 aromatic carbocycles. The first kappa shape index (κ1) is 12.0. The van der Waals surface area contributed by atoms with Crippen molar-refractivity contribution in [3.63, 3.8) is 0 Å². The highest BCUT2D eigenvalue weighted by atomic mass is 35.5. The third kappa shape index (κ3) is 2.50. The fourth-order valence-corrected chi connectivity index (χ4v) is 1.82. The molecule has 2 atom stereocenters. The minimum atomic E-state index is -0.476. The van der Waals surface area contributed by atoms with Crippen LogP contribution in [-0.4, -0.2) is 35.3 Å². The Labute approximate surface area is 94.3 Å². The number of carbonyl (C=O) groups is 2. The molecule has 2 amide bonds. The zero-order chi connectivity index (χ0) is 11.6. The minimum Gasteiger partial charge on any atom is -0.343 e. The van der Waals surface area contributed by atoms with Gasteiger partial charge in [0.05, 0.1) is 6.54 Å². The van der Waals surface area contributed by atoms with E-state index in [-0.39, 0.29) is 18.4 Å². The van der Waals surface area contributed by atoms with E-state index in [1.165, 1.54) is 4.90 Å². The summed E-state index contributed by atoms with van der Waals surface area (Å²) in [6, 6.07) is -0.902. The summed E-state index contributed by atoms with van der Waals surface area (Å²) in [7, 11) is 0. The molecule has 1 N–H and O–H groups in total. The van der Waals surface area contributed by atoms with Crippen molar-refractivity contribution in [2.75, 3.05) is 6.54 Å². The normalized spacial score (nSPS) is 26.5. The van der Waals surface area contributed by atoms with E-state index in [1.54, 1.807) is 6.92 Å². The molecule has 1 aliphatic rings. The Hall–Kier alpha value is -1.03. The SMILES string of the molecule is C=C(Cl)CN1C(=O)C(C)NC(=O)C1CC. The maximum Gasteiger partial charge on any atom is 0.245 e.